The lowest BCUT2D eigenvalue weighted by atomic mass is 9.98. The van der Waals surface area contributed by atoms with Crippen LogP contribution < -0.4 is 20.1 Å². The third-order valence-corrected chi connectivity index (χ3v) is 7.71. The summed E-state index contributed by atoms with van der Waals surface area (Å²) in [6.07, 6.45) is 1.93. The Labute approximate surface area is 280 Å². The Kier molecular flexibility index (Phi) is 12.0. The van der Waals surface area contributed by atoms with Crippen molar-refractivity contribution in [1.82, 2.24) is 5.32 Å². The molecular formula is C40H38N2O6. The second-order valence-corrected chi connectivity index (χ2v) is 11.3. The minimum absolute atomic E-state index is 0.0292. The first-order chi connectivity index (χ1) is 23.4. The normalized spacial score (nSPS) is 11.2. The Morgan fingerprint density at radius 2 is 1.33 bits per heavy atom. The Bertz CT molecular complexity index is 1790. The van der Waals surface area contributed by atoms with Gasteiger partial charge in [0.25, 0.3) is 0 Å². The fourth-order valence-electron chi connectivity index (χ4n) is 5.20. The van der Waals surface area contributed by atoms with Crippen molar-refractivity contribution in [3.63, 3.8) is 0 Å². The molecule has 0 saturated carbocycles. The number of carbonyl (C=O) groups excluding carboxylic acids is 2. The van der Waals surface area contributed by atoms with E-state index in [9.17, 15) is 19.5 Å². The second kappa shape index (κ2) is 17.1. The third-order valence-electron chi connectivity index (χ3n) is 7.71. The predicted molar refractivity (Wildman–Crippen MR) is 186 cm³/mol. The summed E-state index contributed by atoms with van der Waals surface area (Å²) in [5.74, 6) is -0.710. The van der Waals surface area contributed by atoms with E-state index < -0.39 is 18.0 Å². The number of hydrogen-bond acceptors (Lipinski definition) is 6. The number of anilines is 1. The van der Waals surface area contributed by atoms with Crippen molar-refractivity contribution in [3.8, 4) is 11.5 Å². The molecule has 5 aromatic rings. The highest BCUT2D eigenvalue weighted by Gasteiger charge is 2.21. The first-order valence-electron chi connectivity index (χ1n) is 15.9. The summed E-state index contributed by atoms with van der Waals surface area (Å²) in [6, 6.07) is 39.9. The van der Waals surface area contributed by atoms with E-state index in [4.69, 9.17) is 9.47 Å². The Morgan fingerprint density at radius 1 is 0.688 bits per heavy atom. The van der Waals surface area contributed by atoms with E-state index in [2.05, 4.69) is 28.8 Å². The van der Waals surface area contributed by atoms with Gasteiger partial charge in [0.1, 0.15) is 11.8 Å². The Morgan fingerprint density at radius 3 is 2.06 bits per heavy atom. The molecule has 5 rings (SSSR count). The number of aliphatic carboxylic acids is 1. The van der Waals surface area contributed by atoms with Gasteiger partial charge in [-0.1, -0.05) is 97.1 Å². The van der Waals surface area contributed by atoms with Gasteiger partial charge in [-0.15, -0.1) is 0 Å². The van der Waals surface area contributed by atoms with Crippen LogP contribution in [0.2, 0.25) is 0 Å². The van der Waals surface area contributed by atoms with E-state index >= 15 is 0 Å². The summed E-state index contributed by atoms with van der Waals surface area (Å²) in [5, 5.41) is 15.9. The molecule has 0 aliphatic rings. The van der Waals surface area contributed by atoms with Gasteiger partial charge in [-0.25, -0.2) is 9.59 Å². The number of amides is 1. The topological polar surface area (TPSA) is 114 Å². The molecule has 0 heterocycles. The molecule has 0 aliphatic heterocycles. The third kappa shape index (κ3) is 10.1. The maximum absolute atomic E-state index is 12.6. The van der Waals surface area contributed by atoms with Gasteiger partial charge in [0.15, 0.2) is 5.75 Å². The molecule has 0 fully saturated rings. The molecule has 0 bridgehead atoms. The minimum atomic E-state index is -1.04. The van der Waals surface area contributed by atoms with Gasteiger partial charge in [0.2, 0.25) is 5.91 Å². The fraction of sp³-hybridized carbons (Fsp3) is 0.175. The average Bonchev–Trinajstić information content (AvgIpc) is 3.11. The van der Waals surface area contributed by atoms with Crippen LogP contribution in [0.4, 0.5) is 5.69 Å². The van der Waals surface area contributed by atoms with Crippen molar-refractivity contribution in [2.75, 3.05) is 18.5 Å². The number of esters is 1. The van der Waals surface area contributed by atoms with E-state index in [1.807, 2.05) is 48.5 Å². The first-order valence-corrected chi connectivity index (χ1v) is 15.9. The predicted octanol–water partition coefficient (Wildman–Crippen LogP) is 6.73. The molecule has 0 spiro atoms. The molecule has 5 aromatic carbocycles. The summed E-state index contributed by atoms with van der Waals surface area (Å²) >= 11 is 0. The van der Waals surface area contributed by atoms with Crippen molar-refractivity contribution in [2.24, 2.45) is 0 Å². The lowest BCUT2D eigenvalue weighted by Gasteiger charge is -2.18. The first kappa shape index (κ1) is 33.5. The number of carboxylic acid groups (broad SMARTS) is 1. The number of carboxylic acids is 1. The van der Waals surface area contributed by atoms with Gasteiger partial charge in [-0.3, -0.25) is 4.79 Å². The number of benzene rings is 5. The SMILES string of the molecule is O=C(Cc1ccccc1Cc1ccccc1)NCCCOc1ccc(CC(Nc2ccccc2OC(=O)c2ccccc2)C(=O)O)cc1. The van der Waals surface area contributed by atoms with Gasteiger partial charge in [0.05, 0.1) is 24.3 Å². The molecule has 0 radical (unpaired) electrons. The van der Waals surface area contributed by atoms with Crippen molar-refractivity contribution in [1.29, 1.82) is 0 Å². The zero-order chi connectivity index (χ0) is 33.6. The zero-order valence-corrected chi connectivity index (χ0v) is 26.5. The van der Waals surface area contributed by atoms with Crippen molar-refractivity contribution in [2.45, 2.75) is 31.7 Å². The highest BCUT2D eigenvalue weighted by Crippen LogP contribution is 2.26. The number of carbonyl (C=O) groups is 3. The van der Waals surface area contributed by atoms with Gasteiger partial charge in [-0.2, -0.15) is 0 Å². The van der Waals surface area contributed by atoms with Crippen molar-refractivity contribution in [3.05, 3.63) is 161 Å². The van der Waals surface area contributed by atoms with E-state index in [1.54, 1.807) is 66.7 Å². The van der Waals surface area contributed by atoms with E-state index in [1.165, 1.54) is 5.56 Å². The molecule has 8 nitrogen and oxygen atoms in total. The van der Waals surface area contributed by atoms with Gasteiger partial charge in [0, 0.05) is 13.0 Å². The molecule has 3 N–H and O–H groups in total. The quantitative estimate of drug-likeness (QED) is 0.0621. The summed E-state index contributed by atoms with van der Waals surface area (Å²) in [4.78, 5) is 37.4. The maximum atomic E-state index is 12.6. The van der Waals surface area contributed by atoms with Gasteiger partial charge >= 0.3 is 11.9 Å². The fourth-order valence-corrected chi connectivity index (χ4v) is 5.20. The summed E-state index contributed by atoms with van der Waals surface area (Å²) in [6.45, 7) is 0.911. The molecule has 8 heteroatoms. The Balaban J connectivity index is 1.06. The highest BCUT2D eigenvalue weighted by atomic mass is 16.5. The highest BCUT2D eigenvalue weighted by molar-refractivity contribution is 5.92. The molecule has 1 unspecified atom stereocenters. The van der Waals surface area contributed by atoms with Crippen LogP contribution in [-0.2, 0) is 28.9 Å². The van der Waals surface area contributed by atoms with Crippen molar-refractivity contribution >= 4 is 23.5 Å². The van der Waals surface area contributed by atoms with Crippen LogP contribution in [0.5, 0.6) is 11.5 Å². The largest absolute Gasteiger partial charge is 0.494 e. The smallest absolute Gasteiger partial charge is 0.343 e. The van der Waals surface area contributed by atoms with E-state index in [0.717, 1.165) is 23.1 Å². The van der Waals surface area contributed by atoms with Crippen LogP contribution >= 0.6 is 0 Å². The van der Waals surface area contributed by atoms with Gasteiger partial charge < -0.3 is 25.2 Å². The van der Waals surface area contributed by atoms with Crippen LogP contribution in [0.15, 0.2) is 133 Å². The molecule has 48 heavy (non-hydrogen) atoms. The van der Waals surface area contributed by atoms with Crippen LogP contribution in [0.3, 0.4) is 0 Å². The molecule has 0 aliphatic carbocycles. The average molecular weight is 643 g/mol. The molecule has 0 aromatic heterocycles. The number of ether oxygens (including phenoxy) is 2. The molecular weight excluding hydrogens is 604 g/mol. The lowest BCUT2D eigenvalue weighted by molar-refractivity contribution is -0.137. The van der Waals surface area contributed by atoms with E-state index in [0.29, 0.717) is 43.0 Å². The minimum Gasteiger partial charge on any atom is -0.494 e. The van der Waals surface area contributed by atoms with Crippen LogP contribution in [-0.4, -0.2) is 42.1 Å². The lowest BCUT2D eigenvalue weighted by Crippen LogP contribution is -2.31. The number of hydrogen-bond donors (Lipinski definition) is 3. The number of rotatable bonds is 16. The maximum Gasteiger partial charge on any atom is 0.343 e. The summed E-state index contributed by atoms with van der Waals surface area (Å²) in [5.41, 5.74) is 4.96. The molecule has 1 atom stereocenters. The van der Waals surface area contributed by atoms with Crippen LogP contribution in [0.1, 0.15) is 39.0 Å². The number of nitrogens with one attached hydrogen (secondary N) is 2. The second-order valence-electron chi connectivity index (χ2n) is 11.3. The standard InChI is InChI=1S/C40H38N2O6/c43-38(28-33-17-8-7-16-32(33)26-29-12-3-1-4-13-29)41-24-11-25-47-34-22-20-30(21-23-34)27-36(39(44)45)42-35-18-9-10-19-37(35)48-40(46)31-14-5-2-6-15-31/h1-10,12-23,36,42H,11,24-28H2,(H,41,43)(H,44,45). The van der Waals surface area contributed by atoms with Gasteiger partial charge in [-0.05, 0) is 71.5 Å². The summed E-state index contributed by atoms with van der Waals surface area (Å²) in [7, 11) is 0. The molecule has 0 saturated heterocycles. The molecule has 1 amide bonds. The molecule has 244 valence electrons. The zero-order valence-electron chi connectivity index (χ0n) is 26.5. The van der Waals surface area contributed by atoms with Crippen molar-refractivity contribution < 1.29 is 29.0 Å². The van der Waals surface area contributed by atoms with Crippen LogP contribution in [0, 0.1) is 0 Å². The van der Waals surface area contributed by atoms with Crippen LogP contribution in [0.25, 0.3) is 0 Å². The van der Waals surface area contributed by atoms with E-state index in [-0.39, 0.29) is 18.1 Å². The monoisotopic (exact) mass is 642 g/mol. The summed E-state index contributed by atoms with van der Waals surface area (Å²) < 4.78 is 11.4. The number of para-hydroxylation sites is 2. The Hall–Kier alpha value is -5.89.